The lowest BCUT2D eigenvalue weighted by Crippen LogP contribution is -2.19. The van der Waals surface area contributed by atoms with Gasteiger partial charge in [0.2, 0.25) is 0 Å². The zero-order valence-electron chi connectivity index (χ0n) is 8.26. The highest BCUT2D eigenvalue weighted by atomic mass is 16.6. The van der Waals surface area contributed by atoms with Crippen molar-refractivity contribution in [2.75, 3.05) is 6.61 Å². The predicted octanol–water partition coefficient (Wildman–Crippen LogP) is 1.46. The molecule has 0 heterocycles. The first-order valence-corrected chi connectivity index (χ1v) is 4.77. The van der Waals surface area contributed by atoms with Crippen molar-refractivity contribution >= 4 is 0 Å². The highest BCUT2D eigenvalue weighted by Crippen LogP contribution is 2.21. The smallest absolute Gasteiger partial charge is 0.178 e. The van der Waals surface area contributed by atoms with E-state index in [1.807, 2.05) is 37.3 Å². The molecule has 0 bridgehead atoms. The number of ether oxygens (including phenoxy) is 1. The number of benzene rings is 1. The minimum absolute atomic E-state index is 0.154. The monoisotopic (exact) mass is 196 g/mol. The van der Waals surface area contributed by atoms with E-state index < -0.39 is 6.29 Å². The molecule has 0 aliphatic carbocycles. The van der Waals surface area contributed by atoms with Crippen molar-refractivity contribution in [2.24, 2.45) is 0 Å². The van der Waals surface area contributed by atoms with Crippen LogP contribution >= 0.6 is 0 Å². The van der Waals surface area contributed by atoms with E-state index in [1.165, 1.54) is 0 Å². The Bertz CT molecular complexity index is 248. The normalized spacial score (nSPS) is 15.1. The van der Waals surface area contributed by atoms with Crippen LogP contribution in [0.2, 0.25) is 0 Å². The van der Waals surface area contributed by atoms with Crippen molar-refractivity contribution in [3.05, 3.63) is 35.9 Å². The fourth-order valence-electron chi connectivity index (χ4n) is 1.31. The molecule has 1 aromatic rings. The molecule has 78 valence electrons. The van der Waals surface area contributed by atoms with Gasteiger partial charge in [-0.1, -0.05) is 37.3 Å². The predicted molar refractivity (Wildman–Crippen MR) is 53.7 cm³/mol. The molecule has 0 saturated heterocycles. The van der Waals surface area contributed by atoms with Gasteiger partial charge in [0, 0.05) is 0 Å². The molecular formula is C11H16O3. The molecule has 0 radical (unpaired) electrons. The van der Waals surface area contributed by atoms with E-state index in [2.05, 4.69) is 0 Å². The van der Waals surface area contributed by atoms with Crippen LogP contribution in [0.3, 0.4) is 0 Å². The molecule has 2 N–H and O–H groups in total. The second kappa shape index (κ2) is 5.75. The van der Waals surface area contributed by atoms with E-state index in [-0.39, 0.29) is 12.7 Å². The van der Waals surface area contributed by atoms with E-state index in [0.717, 1.165) is 12.0 Å². The molecular weight excluding hydrogens is 180 g/mol. The maximum Gasteiger partial charge on any atom is 0.178 e. The standard InChI is InChI=1S/C11H16O3/c1-2-10(14-11(13)8-12)9-6-4-3-5-7-9/h3-7,10-13H,2,8H2,1H3. The van der Waals surface area contributed by atoms with Gasteiger partial charge in [0.1, 0.15) is 0 Å². The minimum Gasteiger partial charge on any atom is -0.391 e. The van der Waals surface area contributed by atoms with Crippen LogP contribution in [0.1, 0.15) is 25.0 Å². The van der Waals surface area contributed by atoms with Gasteiger partial charge < -0.3 is 14.9 Å². The quantitative estimate of drug-likeness (QED) is 0.701. The van der Waals surface area contributed by atoms with Crippen molar-refractivity contribution in [2.45, 2.75) is 25.7 Å². The first-order valence-electron chi connectivity index (χ1n) is 4.77. The van der Waals surface area contributed by atoms with Gasteiger partial charge in [-0.3, -0.25) is 0 Å². The van der Waals surface area contributed by atoms with Gasteiger partial charge in [-0.2, -0.15) is 0 Å². The first kappa shape index (κ1) is 11.2. The highest BCUT2D eigenvalue weighted by Gasteiger charge is 2.13. The van der Waals surface area contributed by atoms with E-state index in [4.69, 9.17) is 14.9 Å². The van der Waals surface area contributed by atoms with Crippen molar-refractivity contribution < 1.29 is 14.9 Å². The maximum absolute atomic E-state index is 9.15. The zero-order chi connectivity index (χ0) is 10.4. The lowest BCUT2D eigenvalue weighted by Gasteiger charge is -2.19. The van der Waals surface area contributed by atoms with Crippen LogP contribution in [0.5, 0.6) is 0 Å². The lowest BCUT2D eigenvalue weighted by molar-refractivity contribution is -0.158. The molecule has 1 aromatic carbocycles. The molecule has 0 aliphatic rings. The number of aliphatic hydroxyl groups is 2. The Morgan fingerprint density at radius 1 is 1.29 bits per heavy atom. The van der Waals surface area contributed by atoms with Crippen LogP contribution in [0.25, 0.3) is 0 Å². The van der Waals surface area contributed by atoms with Gasteiger partial charge in [-0.25, -0.2) is 0 Å². The Morgan fingerprint density at radius 2 is 1.93 bits per heavy atom. The molecule has 3 nitrogen and oxygen atoms in total. The van der Waals surface area contributed by atoms with Gasteiger partial charge in [0.15, 0.2) is 6.29 Å². The molecule has 0 amide bonds. The van der Waals surface area contributed by atoms with E-state index in [1.54, 1.807) is 0 Å². The third-order valence-electron chi connectivity index (χ3n) is 2.02. The van der Waals surface area contributed by atoms with Crippen molar-refractivity contribution in [1.82, 2.24) is 0 Å². The molecule has 0 spiro atoms. The third kappa shape index (κ3) is 3.10. The Hall–Kier alpha value is -0.900. The van der Waals surface area contributed by atoms with Crippen molar-refractivity contribution in [3.8, 4) is 0 Å². The van der Waals surface area contributed by atoms with Crippen LogP contribution in [0.4, 0.5) is 0 Å². The fourth-order valence-corrected chi connectivity index (χ4v) is 1.31. The van der Waals surface area contributed by atoms with Gasteiger partial charge >= 0.3 is 0 Å². The van der Waals surface area contributed by atoms with E-state index in [9.17, 15) is 0 Å². The van der Waals surface area contributed by atoms with Crippen LogP contribution < -0.4 is 0 Å². The number of rotatable bonds is 5. The summed E-state index contributed by atoms with van der Waals surface area (Å²) < 4.78 is 5.24. The Labute approximate surface area is 84.0 Å². The zero-order valence-corrected chi connectivity index (χ0v) is 8.26. The summed E-state index contributed by atoms with van der Waals surface area (Å²) in [6.07, 6.45) is -0.486. The van der Waals surface area contributed by atoms with Crippen molar-refractivity contribution in [1.29, 1.82) is 0 Å². The van der Waals surface area contributed by atoms with E-state index >= 15 is 0 Å². The second-order valence-corrected chi connectivity index (χ2v) is 3.08. The van der Waals surface area contributed by atoms with Gasteiger partial charge in [0.25, 0.3) is 0 Å². The Morgan fingerprint density at radius 3 is 2.43 bits per heavy atom. The SMILES string of the molecule is CCC(OC(O)CO)c1ccccc1. The summed E-state index contributed by atoms with van der Waals surface area (Å²) in [5.41, 5.74) is 1.02. The summed E-state index contributed by atoms with van der Waals surface area (Å²) in [5, 5.41) is 17.8. The molecule has 14 heavy (non-hydrogen) atoms. The summed E-state index contributed by atoms with van der Waals surface area (Å²) in [6, 6.07) is 9.66. The molecule has 0 aromatic heterocycles. The van der Waals surface area contributed by atoms with Crippen molar-refractivity contribution in [3.63, 3.8) is 0 Å². The van der Waals surface area contributed by atoms with Crippen LogP contribution in [0, 0.1) is 0 Å². The maximum atomic E-state index is 9.15. The molecule has 0 fully saturated rings. The summed E-state index contributed by atoms with van der Waals surface area (Å²) in [4.78, 5) is 0. The average molecular weight is 196 g/mol. The summed E-state index contributed by atoms with van der Waals surface area (Å²) in [5.74, 6) is 0. The fraction of sp³-hybridized carbons (Fsp3) is 0.455. The summed E-state index contributed by atoms with van der Waals surface area (Å²) in [7, 11) is 0. The highest BCUT2D eigenvalue weighted by molar-refractivity contribution is 5.17. The lowest BCUT2D eigenvalue weighted by atomic mass is 10.1. The van der Waals surface area contributed by atoms with Gasteiger partial charge in [-0.15, -0.1) is 0 Å². The summed E-state index contributed by atoms with van der Waals surface area (Å²) >= 11 is 0. The molecule has 2 atom stereocenters. The van der Waals surface area contributed by atoms with Crippen LogP contribution in [-0.2, 0) is 4.74 Å². The topological polar surface area (TPSA) is 49.7 Å². The number of hydrogen-bond acceptors (Lipinski definition) is 3. The average Bonchev–Trinajstić information content (AvgIpc) is 2.26. The molecule has 1 rings (SSSR count). The van der Waals surface area contributed by atoms with Gasteiger partial charge in [-0.05, 0) is 12.0 Å². The number of hydrogen-bond donors (Lipinski definition) is 2. The Kier molecular flexibility index (Phi) is 4.59. The summed E-state index contributed by atoms with van der Waals surface area (Å²) in [6.45, 7) is 1.60. The molecule has 3 heteroatoms. The largest absolute Gasteiger partial charge is 0.391 e. The van der Waals surface area contributed by atoms with Crippen LogP contribution in [0.15, 0.2) is 30.3 Å². The van der Waals surface area contributed by atoms with Gasteiger partial charge in [0.05, 0.1) is 12.7 Å². The molecule has 2 unspecified atom stereocenters. The molecule has 0 saturated carbocycles. The minimum atomic E-state index is -1.10. The molecule has 0 aliphatic heterocycles. The first-order chi connectivity index (χ1) is 6.77. The Balaban J connectivity index is 2.63. The third-order valence-corrected chi connectivity index (χ3v) is 2.02. The number of aliphatic hydroxyl groups excluding tert-OH is 2. The van der Waals surface area contributed by atoms with E-state index in [0.29, 0.717) is 0 Å². The second-order valence-electron chi connectivity index (χ2n) is 3.08. The van der Waals surface area contributed by atoms with Crippen LogP contribution in [-0.4, -0.2) is 23.1 Å².